The largest absolute Gasteiger partial charge is 0.508 e. The van der Waals surface area contributed by atoms with Gasteiger partial charge in [0.25, 0.3) is 0 Å². The van der Waals surface area contributed by atoms with E-state index in [4.69, 9.17) is 10.2 Å². The molecule has 0 aliphatic rings. The quantitative estimate of drug-likeness (QED) is 0.710. The summed E-state index contributed by atoms with van der Waals surface area (Å²) in [5.41, 5.74) is 8.75. The molecule has 0 atom stereocenters. The van der Waals surface area contributed by atoms with Crippen LogP contribution in [0.1, 0.15) is 22.3 Å². The summed E-state index contributed by atoms with van der Waals surface area (Å²) in [6.45, 7) is 3.69. The highest BCUT2D eigenvalue weighted by atomic mass is 16.4. The van der Waals surface area contributed by atoms with Crippen LogP contribution in [0.25, 0.3) is 11.0 Å². The van der Waals surface area contributed by atoms with E-state index in [1.807, 2.05) is 26.0 Å². The number of anilines is 1. The van der Waals surface area contributed by atoms with E-state index in [2.05, 4.69) is 4.98 Å². The van der Waals surface area contributed by atoms with E-state index in [0.29, 0.717) is 23.4 Å². The molecule has 3 aromatic rings. The van der Waals surface area contributed by atoms with Crippen LogP contribution in [0.2, 0.25) is 0 Å². The number of fused-ring (bicyclic) bond motifs is 1. The molecule has 3 N–H and O–H groups in total. The SMILES string of the molecule is Cc1cc2c(C)c(Cc3ccnc(N)c3)c(=O)oc2cc1O. The molecule has 112 valence electrons. The molecule has 22 heavy (non-hydrogen) atoms. The highest BCUT2D eigenvalue weighted by molar-refractivity contribution is 5.83. The van der Waals surface area contributed by atoms with Gasteiger partial charge < -0.3 is 15.3 Å². The summed E-state index contributed by atoms with van der Waals surface area (Å²) in [7, 11) is 0. The first-order valence-corrected chi connectivity index (χ1v) is 6.92. The van der Waals surface area contributed by atoms with Crippen molar-refractivity contribution in [2.75, 3.05) is 5.73 Å². The topological polar surface area (TPSA) is 89.4 Å². The average Bonchev–Trinajstić information content (AvgIpc) is 2.46. The third-order valence-corrected chi connectivity index (χ3v) is 3.83. The summed E-state index contributed by atoms with van der Waals surface area (Å²) in [6.07, 6.45) is 2.04. The highest BCUT2D eigenvalue weighted by Gasteiger charge is 2.13. The number of aromatic hydroxyl groups is 1. The highest BCUT2D eigenvalue weighted by Crippen LogP contribution is 2.27. The van der Waals surface area contributed by atoms with Crippen LogP contribution in [-0.4, -0.2) is 10.1 Å². The summed E-state index contributed by atoms with van der Waals surface area (Å²) in [6, 6.07) is 6.87. The zero-order chi connectivity index (χ0) is 15.9. The van der Waals surface area contributed by atoms with Crippen LogP contribution in [0, 0.1) is 13.8 Å². The Kier molecular flexibility index (Phi) is 3.33. The molecule has 0 saturated heterocycles. The molecule has 2 heterocycles. The van der Waals surface area contributed by atoms with E-state index in [-0.39, 0.29) is 5.75 Å². The Morgan fingerprint density at radius 2 is 2.05 bits per heavy atom. The van der Waals surface area contributed by atoms with Gasteiger partial charge in [-0.2, -0.15) is 0 Å². The van der Waals surface area contributed by atoms with Crippen LogP contribution in [-0.2, 0) is 6.42 Å². The first-order chi connectivity index (χ1) is 10.5. The van der Waals surface area contributed by atoms with Crippen LogP contribution in [0.4, 0.5) is 5.82 Å². The minimum atomic E-state index is -0.399. The number of aromatic nitrogens is 1. The van der Waals surface area contributed by atoms with Gasteiger partial charge in [0.05, 0.1) is 0 Å². The maximum Gasteiger partial charge on any atom is 0.340 e. The van der Waals surface area contributed by atoms with Crippen molar-refractivity contribution in [3.8, 4) is 5.75 Å². The van der Waals surface area contributed by atoms with Crippen molar-refractivity contribution in [2.45, 2.75) is 20.3 Å². The summed E-state index contributed by atoms with van der Waals surface area (Å²) in [4.78, 5) is 16.2. The van der Waals surface area contributed by atoms with Gasteiger partial charge in [-0.3, -0.25) is 0 Å². The van der Waals surface area contributed by atoms with Gasteiger partial charge in [0.15, 0.2) is 0 Å². The maximum absolute atomic E-state index is 12.2. The summed E-state index contributed by atoms with van der Waals surface area (Å²) in [5.74, 6) is 0.533. The number of aryl methyl sites for hydroxylation is 2. The lowest BCUT2D eigenvalue weighted by molar-refractivity contribution is 0.468. The molecule has 0 fully saturated rings. The number of nitrogens with two attached hydrogens (primary N) is 1. The fourth-order valence-electron chi connectivity index (χ4n) is 2.55. The first-order valence-electron chi connectivity index (χ1n) is 6.92. The predicted molar refractivity (Wildman–Crippen MR) is 85.1 cm³/mol. The molecule has 3 rings (SSSR count). The van der Waals surface area contributed by atoms with Crippen molar-refractivity contribution >= 4 is 16.8 Å². The zero-order valence-corrected chi connectivity index (χ0v) is 12.4. The van der Waals surface area contributed by atoms with E-state index < -0.39 is 5.63 Å². The monoisotopic (exact) mass is 296 g/mol. The summed E-state index contributed by atoms with van der Waals surface area (Å²) < 4.78 is 5.35. The molecule has 0 amide bonds. The Labute approximate surface area is 127 Å². The first kappa shape index (κ1) is 14.1. The Morgan fingerprint density at radius 1 is 1.27 bits per heavy atom. The number of phenolic OH excluding ortho intramolecular Hbond substituents is 1. The van der Waals surface area contributed by atoms with Crippen LogP contribution in [0.3, 0.4) is 0 Å². The fourth-order valence-corrected chi connectivity index (χ4v) is 2.55. The van der Waals surface area contributed by atoms with Gasteiger partial charge in [-0.25, -0.2) is 9.78 Å². The molecule has 5 nitrogen and oxygen atoms in total. The van der Waals surface area contributed by atoms with Crippen molar-refractivity contribution in [1.29, 1.82) is 0 Å². The minimum Gasteiger partial charge on any atom is -0.508 e. The Balaban J connectivity index is 2.18. The van der Waals surface area contributed by atoms with Gasteiger partial charge >= 0.3 is 5.63 Å². The number of benzene rings is 1. The van der Waals surface area contributed by atoms with E-state index >= 15 is 0 Å². The van der Waals surface area contributed by atoms with Gasteiger partial charge in [0, 0.05) is 29.6 Å². The number of hydrogen-bond donors (Lipinski definition) is 2. The molecule has 0 radical (unpaired) electrons. The van der Waals surface area contributed by atoms with Crippen molar-refractivity contribution in [3.05, 3.63) is 63.1 Å². The summed E-state index contributed by atoms with van der Waals surface area (Å²) >= 11 is 0. The average molecular weight is 296 g/mol. The number of phenols is 1. The van der Waals surface area contributed by atoms with Crippen LogP contribution in [0.5, 0.6) is 5.75 Å². The molecule has 0 bridgehead atoms. The molecular weight excluding hydrogens is 280 g/mol. The third-order valence-electron chi connectivity index (χ3n) is 3.83. The van der Waals surface area contributed by atoms with Crippen LogP contribution in [0.15, 0.2) is 39.7 Å². The number of rotatable bonds is 2. The molecule has 0 saturated carbocycles. The Morgan fingerprint density at radius 3 is 2.77 bits per heavy atom. The predicted octanol–water partition coefficient (Wildman–Crippen LogP) is 2.68. The molecule has 0 aliphatic heterocycles. The van der Waals surface area contributed by atoms with Crippen LogP contribution < -0.4 is 11.4 Å². The van der Waals surface area contributed by atoms with E-state index in [1.165, 1.54) is 6.07 Å². The van der Waals surface area contributed by atoms with Crippen LogP contribution >= 0.6 is 0 Å². The lowest BCUT2D eigenvalue weighted by Crippen LogP contribution is -2.11. The molecule has 0 spiro atoms. The fraction of sp³-hybridized carbons (Fsp3) is 0.176. The number of nitrogens with zero attached hydrogens (tertiary/aromatic N) is 1. The number of nitrogen functional groups attached to an aromatic ring is 1. The second-order valence-corrected chi connectivity index (χ2v) is 5.39. The molecule has 1 aromatic carbocycles. The van der Waals surface area contributed by atoms with Crippen molar-refractivity contribution < 1.29 is 9.52 Å². The standard InChI is InChI=1S/C17H16N2O3/c1-9-5-12-10(2)13(6-11-3-4-19-16(18)7-11)17(21)22-15(12)8-14(9)20/h3-5,7-8,20H,6H2,1-2H3,(H2,18,19). The lowest BCUT2D eigenvalue weighted by Gasteiger charge is -2.09. The normalized spacial score (nSPS) is 11.0. The van der Waals surface area contributed by atoms with Gasteiger partial charge in [0.2, 0.25) is 0 Å². The molecule has 5 heteroatoms. The second-order valence-electron chi connectivity index (χ2n) is 5.39. The van der Waals surface area contributed by atoms with Gasteiger partial charge in [0.1, 0.15) is 17.2 Å². The second kappa shape index (κ2) is 5.18. The maximum atomic E-state index is 12.2. The lowest BCUT2D eigenvalue weighted by atomic mass is 9.99. The Hall–Kier alpha value is -2.82. The van der Waals surface area contributed by atoms with Crippen molar-refractivity contribution in [2.24, 2.45) is 0 Å². The number of pyridine rings is 1. The smallest absolute Gasteiger partial charge is 0.340 e. The van der Waals surface area contributed by atoms with E-state index in [9.17, 15) is 9.90 Å². The molecule has 0 unspecified atom stereocenters. The molecule has 0 aliphatic carbocycles. The Bertz CT molecular complexity index is 929. The summed E-state index contributed by atoms with van der Waals surface area (Å²) in [5, 5.41) is 10.6. The zero-order valence-electron chi connectivity index (χ0n) is 12.4. The minimum absolute atomic E-state index is 0.115. The van der Waals surface area contributed by atoms with Crippen molar-refractivity contribution in [1.82, 2.24) is 4.98 Å². The third kappa shape index (κ3) is 2.41. The number of hydrogen-bond acceptors (Lipinski definition) is 5. The van der Waals surface area contributed by atoms with Gasteiger partial charge in [-0.1, -0.05) is 0 Å². The van der Waals surface area contributed by atoms with Gasteiger partial charge in [-0.15, -0.1) is 0 Å². The molecule has 2 aromatic heterocycles. The molecular formula is C17H16N2O3. The van der Waals surface area contributed by atoms with Gasteiger partial charge in [-0.05, 0) is 48.7 Å². The van der Waals surface area contributed by atoms with E-state index in [1.54, 1.807) is 12.3 Å². The van der Waals surface area contributed by atoms with Crippen molar-refractivity contribution in [3.63, 3.8) is 0 Å². The van der Waals surface area contributed by atoms with E-state index in [0.717, 1.165) is 22.1 Å².